The van der Waals surface area contributed by atoms with Crippen LogP contribution in [0.3, 0.4) is 0 Å². The van der Waals surface area contributed by atoms with E-state index < -0.39 is 23.9 Å². The SMILES string of the molecule is COc1ccnc(C(=O)N[C@@H](C)C(=O)OC(C)=C(c2ccccc2C)c2ccccc2C)c1OC(=O)CCSC. The van der Waals surface area contributed by atoms with Crippen LogP contribution in [0.1, 0.15) is 53.0 Å². The van der Waals surface area contributed by atoms with E-state index in [1.807, 2.05) is 68.6 Å². The van der Waals surface area contributed by atoms with E-state index >= 15 is 0 Å². The summed E-state index contributed by atoms with van der Waals surface area (Å²) in [6, 6.07) is 16.2. The van der Waals surface area contributed by atoms with Gasteiger partial charge in [0.25, 0.3) is 5.91 Å². The molecule has 1 amide bonds. The molecule has 3 aromatic rings. The number of allylic oxidation sites excluding steroid dienone is 1. The molecular weight excluding hydrogens is 528 g/mol. The van der Waals surface area contributed by atoms with Gasteiger partial charge in [-0.1, -0.05) is 48.5 Å². The zero-order chi connectivity index (χ0) is 29.2. The van der Waals surface area contributed by atoms with E-state index in [1.54, 1.807) is 6.92 Å². The number of aryl methyl sites for hydroxylation is 2. The van der Waals surface area contributed by atoms with Crippen LogP contribution in [-0.4, -0.2) is 48.0 Å². The van der Waals surface area contributed by atoms with E-state index in [1.165, 1.54) is 38.1 Å². The number of thioether (sulfide) groups is 1. The molecule has 0 spiro atoms. The third kappa shape index (κ3) is 7.51. The summed E-state index contributed by atoms with van der Waals surface area (Å²) >= 11 is 1.50. The molecule has 0 aliphatic heterocycles. The Bertz CT molecular complexity index is 1370. The molecule has 210 valence electrons. The van der Waals surface area contributed by atoms with Gasteiger partial charge < -0.3 is 19.5 Å². The van der Waals surface area contributed by atoms with Crippen LogP contribution in [-0.2, 0) is 14.3 Å². The summed E-state index contributed by atoms with van der Waals surface area (Å²) in [7, 11) is 1.39. The molecule has 0 saturated carbocycles. The van der Waals surface area contributed by atoms with Gasteiger partial charge in [0.1, 0.15) is 11.8 Å². The number of aromatic nitrogens is 1. The number of benzene rings is 2. The van der Waals surface area contributed by atoms with E-state index in [0.717, 1.165) is 27.8 Å². The monoisotopic (exact) mass is 562 g/mol. The molecule has 1 heterocycles. The Kier molecular flexibility index (Phi) is 10.9. The highest BCUT2D eigenvalue weighted by atomic mass is 32.2. The number of hydrogen-bond donors (Lipinski definition) is 1. The first-order valence-electron chi connectivity index (χ1n) is 12.8. The van der Waals surface area contributed by atoms with Crippen molar-refractivity contribution in [1.29, 1.82) is 0 Å². The van der Waals surface area contributed by atoms with Gasteiger partial charge in [-0.25, -0.2) is 9.78 Å². The Hall–Kier alpha value is -4.11. The van der Waals surface area contributed by atoms with Crippen LogP contribution in [0.2, 0.25) is 0 Å². The zero-order valence-corrected chi connectivity index (χ0v) is 24.4. The molecule has 40 heavy (non-hydrogen) atoms. The number of pyridine rings is 1. The Morgan fingerprint density at radius 1 is 0.975 bits per heavy atom. The van der Waals surface area contributed by atoms with E-state index in [2.05, 4.69) is 10.3 Å². The lowest BCUT2D eigenvalue weighted by Crippen LogP contribution is -2.40. The van der Waals surface area contributed by atoms with Gasteiger partial charge in [0.2, 0.25) is 5.75 Å². The van der Waals surface area contributed by atoms with Crippen molar-refractivity contribution < 1.29 is 28.6 Å². The average Bonchev–Trinajstić information content (AvgIpc) is 2.94. The number of carbonyl (C=O) groups excluding carboxylic acids is 3. The highest BCUT2D eigenvalue weighted by Gasteiger charge is 2.26. The number of hydrogen-bond acceptors (Lipinski definition) is 8. The molecule has 0 radical (unpaired) electrons. The lowest BCUT2D eigenvalue weighted by molar-refractivity contribution is -0.141. The Balaban J connectivity index is 1.86. The predicted octanol–water partition coefficient (Wildman–Crippen LogP) is 5.51. The maximum Gasteiger partial charge on any atom is 0.333 e. The molecule has 0 fully saturated rings. The van der Waals surface area contributed by atoms with Crippen LogP contribution < -0.4 is 14.8 Å². The van der Waals surface area contributed by atoms with E-state index in [0.29, 0.717) is 11.5 Å². The van der Waals surface area contributed by atoms with Crippen molar-refractivity contribution in [3.8, 4) is 11.5 Å². The molecule has 1 atom stereocenters. The number of esters is 2. The second kappa shape index (κ2) is 14.3. The molecule has 0 unspecified atom stereocenters. The quantitative estimate of drug-likeness (QED) is 0.241. The molecule has 0 bridgehead atoms. The molecular formula is C31H34N2O6S. The Morgan fingerprint density at radius 3 is 2.12 bits per heavy atom. The predicted molar refractivity (Wildman–Crippen MR) is 156 cm³/mol. The van der Waals surface area contributed by atoms with Gasteiger partial charge in [0.15, 0.2) is 11.4 Å². The minimum Gasteiger partial charge on any atom is -0.493 e. The number of amides is 1. The summed E-state index contributed by atoms with van der Waals surface area (Å²) in [6.07, 6.45) is 3.39. The van der Waals surface area contributed by atoms with E-state index in [-0.39, 0.29) is 23.6 Å². The van der Waals surface area contributed by atoms with Crippen molar-refractivity contribution in [3.63, 3.8) is 0 Å². The van der Waals surface area contributed by atoms with Gasteiger partial charge in [0, 0.05) is 23.6 Å². The molecule has 0 aliphatic rings. The van der Waals surface area contributed by atoms with E-state index in [4.69, 9.17) is 14.2 Å². The minimum atomic E-state index is -1.04. The molecule has 9 heteroatoms. The highest BCUT2D eigenvalue weighted by Crippen LogP contribution is 2.32. The van der Waals surface area contributed by atoms with Gasteiger partial charge >= 0.3 is 11.9 Å². The zero-order valence-electron chi connectivity index (χ0n) is 23.6. The van der Waals surface area contributed by atoms with Gasteiger partial charge in [-0.2, -0.15) is 11.8 Å². The number of carbonyl (C=O) groups is 3. The fourth-order valence-corrected chi connectivity index (χ4v) is 4.42. The first kappa shape index (κ1) is 30.4. The smallest absolute Gasteiger partial charge is 0.333 e. The molecule has 1 aromatic heterocycles. The summed E-state index contributed by atoms with van der Waals surface area (Å²) in [5, 5.41) is 2.60. The summed E-state index contributed by atoms with van der Waals surface area (Å²) in [6.45, 7) is 7.24. The van der Waals surface area contributed by atoms with Crippen LogP contribution in [0, 0.1) is 13.8 Å². The summed E-state index contributed by atoms with van der Waals surface area (Å²) in [5.41, 5.74) is 4.54. The second-order valence-electron chi connectivity index (χ2n) is 9.09. The van der Waals surface area contributed by atoms with Crippen LogP contribution in [0.5, 0.6) is 11.5 Å². The third-order valence-corrected chi connectivity index (χ3v) is 6.78. The van der Waals surface area contributed by atoms with Crippen molar-refractivity contribution in [3.05, 3.63) is 94.5 Å². The lowest BCUT2D eigenvalue weighted by Gasteiger charge is -2.19. The maximum absolute atomic E-state index is 13.2. The molecule has 1 N–H and O–H groups in total. The van der Waals surface area contributed by atoms with Gasteiger partial charge in [-0.05, 0) is 56.2 Å². The van der Waals surface area contributed by atoms with Crippen LogP contribution in [0.4, 0.5) is 0 Å². The van der Waals surface area contributed by atoms with Gasteiger partial charge in [-0.15, -0.1) is 0 Å². The van der Waals surface area contributed by atoms with Crippen molar-refractivity contribution in [1.82, 2.24) is 10.3 Å². The fourth-order valence-electron chi connectivity index (χ4n) is 4.05. The first-order chi connectivity index (χ1) is 19.2. The molecule has 2 aromatic carbocycles. The number of methoxy groups -OCH3 is 1. The van der Waals surface area contributed by atoms with Crippen molar-refractivity contribution in [2.75, 3.05) is 19.1 Å². The number of nitrogens with one attached hydrogen (secondary N) is 1. The number of rotatable bonds is 11. The van der Waals surface area contributed by atoms with Crippen molar-refractivity contribution in [2.24, 2.45) is 0 Å². The highest BCUT2D eigenvalue weighted by molar-refractivity contribution is 7.98. The summed E-state index contributed by atoms with van der Waals surface area (Å²) in [5.74, 6) is -0.867. The fraction of sp³-hybridized carbons (Fsp3) is 0.290. The van der Waals surface area contributed by atoms with E-state index in [9.17, 15) is 14.4 Å². The van der Waals surface area contributed by atoms with Crippen LogP contribution >= 0.6 is 11.8 Å². The lowest BCUT2D eigenvalue weighted by atomic mass is 9.91. The first-order valence-corrected chi connectivity index (χ1v) is 14.1. The van der Waals surface area contributed by atoms with Crippen molar-refractivity contribution in [2.45, 2.75) is 40.2 Å². The van der Waals surface area contributed by atoms with Crippen molar-refractivity contribution >= 4 is 35.2 Å². The molecule has 0 aliphatic carbocycles. The van der Waals surface area contributed by atoms with Crippen LogP contribution in [0.25, 0.3) is 5.57 Å². The molecule has 8 nitrogen and oxygen atoms in total. The molecule has 0 saturated heterocycles. The Morgan fingerprint density at radius 2 is 1.57 bits per heavy atom. The standard InChI is InChI=1S/C31H34N2O6S/c1-19-11-7-9-13-23(19)27(24-14-10-8-12-20(24)2)22(4)38-31(36)21(3)33-30(35)28-29(25(37-5)15-17-32-28)39-26(34)16-18-40-6/h7-15,17,21H,16,18H2,1-6H3,(H,33,35)/t21-/m0/s1. The van der Waals surface area contributed by atoms with Gasteiger partial charge in [0.05, 0.1) is 13.5 Å². The average molecular weight is 563 g/mol. The maximum atomic E-state index is 13.2. The molecule has 3 rings (SSSR count). The van der Waals surface area contributed by atoms with Gasteiger partial charge in [-0.3, -0.25) is 9.59 Å². The topological polar surface area (TPSA) is 104 Å². The largest absolute Gasteiger partial charge is 0.493 e. The third-order valence-electron chi connectivity index (χ3n) is 6.17. The van der Waals surface area contributed by atoms with Crippen LogP contribution in [0.15, 0.2) is 66.6 Å². The number of ether oxygens (including phenoxy) is 3. The minimum absolute atomic E-state index is 0.105. The summed E-state index contributed by atoms with van der Waals surface area (Å²) in [4.78, 5) is 42.7. The normalized spacial score (nSPS) is 11.2. The summed E-state index contributed by atoms with van der Waals surface area (Å²) < 4.78 is 16.5. The number of nitrogens with zero attached hydrogens (tertiary/aromatic N) is 1. The Labute approximate surface area is 239 Å². The second-order valence-corrected chi connectivity index (χ2v) is 10.1.